The topological polar surface area (TPSA) is 104 Å². The summed E-state index contributed by atoms with van der Waals surface area (Å²) in [7, 11) is -2.22. The molecule has 0 atom stereocenters. The highest BCUT2D eigenvalue weighted by atomic mass is 32.2. The Morgan fingerprint density at radius 2 is 1.64 bits per heavy atom. The van der Waals surface area contributed by atoms with Crippen molar-refractivity contribution in [2.75, 3.05) is 18.4 Å². The Kier molecular flexibility index (Phi) is 8.31. The molecule has 1 N–H and O–H groups in total. The number of methoxy groups -OCH3 is 1. The number of aromatic nitrogens is 1. The van der Waals surface area contributed by atoms with Gasteiger partial charge in [0, 0.05) is 28.3 Å². The second-order valence-electron chi connectivity index (χ2n) is 8.76. The predicted octanol–water partition coefficient (Wildman–Crippen LogP) is 5.56. The van der Waals surface area contributed by atoms with Crippen molar-refractivity contribution in [3.63, 3.8) is 0 Å². The smallest absolute Gasteiger partial charge is 0.338 e. The third kappa shape index (κ3) is 6.82. The first-order valence-corrected chi connectivity index (χ1v) is 13.6. The number of carbonyl (C=O) groups is 2. The van der Waals surface area contributed by atoms with Gasteiger partial charge >= 0.3 is 5.97 Å². The van der Waals surface area contributed by atoms with Gasteiger partial charge in [0.05, 0.1) is 18.1 Å². The molecule has 4 rings (SSSR count). The van der Waals surface area contributed by atoms with Crippen LogP contribution >= 0.6 is 0 Å². The summed E-state index contributed by atoms with van der Waals surface area (Å²) in [6, 6.07) is 24.1. The highest BCUT2D eigenvalue weighted by Crippen LogP contribution is 2.23. The van der Waals surface area contributed by atoms with Crippen molar-refractivity contribution in [1.29, 1.82) is 0 Å². The Balaban J connectivity index is 1.41. The number of Topliss-reactive ketones (excluding diaryl/α,β-unsaturated/α-hetero) is 1. The largest absolute Gasteiger partial charge is 0.497 e. The molecule has 0 aliphatic carbocycles. The van der Waals surface area contributed by atoms with Crippen LogP contribution < -0.4 is 9.46 Å². The molecule has 0 radical (unpaired) electrons. The number of esters is 1. The highest BCUT2D eigenvalue weighted by Gasteiger charge is 2.19. The first kappa shape index (κ1) is 27.4. The average molecular weight is 545 g/mol. The van der Waals surface area contributed by atoms with Crippen LogP contribution in [0.3, 0.4) is 0 Å². The lowest BCUT2D eigenvalue weighted by Gasteiger charge is -2.11. The zero-order valence-electron chi connectivity index (χ0n) is 21.7. The van der Waals surface area contributed by atoms with E-state index in [1.165, 1.54) is 30.3 Å². The molecule has 1 aromatic heterocycles. The monoisotopic (exact) mass is 544 g/mol. The van der Waals surface area contributed by atoms with Crippen LogP contribution in [0.1, 0.15) is 37.7 Å². The molecule has 0 unspecified atom stereocenters. The summed E-state index contributed by atoms with van der Waals surface area (Å²) in [6.07, 6.45) is 1.47. The quantitative estimate of drug-likeness (QED) is 0.207. The summed E-state index contributed by atoms with van der Waals surface area (Å²) >= 11 is 0. The van der Waals surface area contributed by atoms with E-state index in [1.54, 1.807) is 37.4 Å². The number of sulfonamides is 1. The van der Waals surface area contributed by atoms with E-state index in [-0.39, 0.29) is 17.0 Å². The van der Waals surface area contributed by atoms with Crippen LogP contribution in [0.4, 0.5) is 5.69 Å². The van der Waals surface area contributed by atoms with Gasteiger partial charge in [-0.05, 0) is 74.0 Å². The number of hydrogen-bond donors (Lipinski definition) is 1. The standard InChI is InChI=1S/C30H28N2O6S/c1-21-18-28(22(2)32(21)26-12-14-27(37-3)15-13-26)29(33)20-38-30(34)24-10-7-11-25(19-24)31-39(35,36)17-16-23-8-5-4-6-9-23/h4-19,31H,20H2,1-3H3/b17-16+. The summed E-state index contributed by atoms with van der Waals surface area (Å²) in [5.74, 6) is -0.364. The minimum atomic E-state index is -3.82. The fraction of sp³-hybridized carbons (Fsp3) is 0.133. The van der Waals surface area contributed by atoms with Crippen molar-refractivity contribution < 1.29 is 27.5 Å². The van der Waals surface area contributed by atoms with Gasteiger partial charge in [0.25, 0.3) is 10.0 Å². The fourth-order valence-electron chi connectivity index (χ4n) is 4.11. The van der Waals surface area contributed by atoms with Crippen molar-refractivity contribution >= 4 is 33.5 Å². The van der Waals surface area contributed by atoms with E-state index >= 15 is 0 Å². The highest BCUT2D eigenvalue weighted by molar-refractivity contribution is 7.95. The lowest BCUT2D eigenvalue weighted by molar-refractivity contribution is 0.0474. The normalized spacial score (nSPS) is 11.4. The molecule has 39 heavy (non-hydrogen) atoms. The number of nitrogens with zero attached hydrogens (tertiary/aromatic N) is 1. The van der Waals surface area contributed by atoms with E-state index < -0.39 is 22.6 Å². The molecule has 0 saturated carbocycles. The maximum Gasteiger partial charge on any atom is 0.338 e. The summed E-state index contributed by atoms with van der Waals surface area (Å²) < 4.78 is 39.7. The number of anilines is 1. The van der Waals surface area contributed by atoms with E-state index in [9.17, 15) is 18.0 Å². The molecule has 4 aromatic rings. The molecule has 9 heteroatoms. The Labute approximate surface area is 227 Å². The molecule has 200 valence electrons. The van der Waals surface area contributed by atoms with Crippen LogP contribution in [0.15, 0.2) is 90.3 Å². The molecule has 8 nitrogen and oxygen atoms in total. The van der Waals surface area contributed by atoms with Gasteiger partial charge in [0.15, 0.2) is 6.61 Å². The second kappa shape index (κ2) is 11.8. The van der Waals surface area contributed by atoms with Crippen LogP contribution in [0.5, 0.6) is 5.75 Å². The van der Waals surface area contributed by atoms with Gasteiger partial charge in [0.1, 0.15) is 5.75 Å². The molecule has 0 aliphatic rings. The number of benzene rings is 3. The van der Waals surface area contributed by atoms with Gasteiger partial charge in [-0.1, -0.05) is 36.4 Å². The van der Waals surface area contributed by atoms with Gasteiger partial charge in [-0.2, -0.15) is 0 Å². The minimum absolute atomic E-state index is 0.110. The molecular weight excluding hydrogens is 516 g/mol. The number of carbonyl (C=O) groups excluding carboxylic acids is 2. The second-order valence-corrected chi connectivity index (χ2v) is 10.3. The number of nitrogens with one attached hydrogen (secondary N) is 1. The fourth-order valence-corrected chi connectivity index (χ4v) is 4.97. The number of rotatable bonds is 10. The first-order chi connectivity index (χ1) is 18.7. The Morgan fingerprint density at radius 1 is 0.923 bits per heavy atom. The summed E-state index contributed by atoms with van der Waals surface area (Å²) in [4.78, 5) is 25.6. The Hall–Kier alpha value is -4.63. The van der Waals surface area contributed by atoms with Gasteiger partial charge in [-0.25, -0.2) is 13.2 Å². The Bertz CT molecular complexity index is 1620. The van der Waals surface area contributed by atoms with Crippen LogP contribution in [0.2, 0.25) is 0 Å². The maximum atomic E-state index is 12.9. The van der Waals surface area contributed by atoms with E-state index in [0.29, 0.717) is 5.56 Å². The molecule has 0 bridgehead atoms. The molecule has 0 fully saturated rings. The van der Waals surface area contributed by atoms with Gasteiger partial charge in [-0.15, -0.1) is 0 Å². The van der Waals surface area contributed by atoms with E-state index in [2.05, 4.69) is 4.72 Å². The predicted molar refractivity (Wildman–Crippen MR) is 151 cm³/mol. The number of ether oxygens (including phenoxy) is 2. The molecule has 0 spiro atoms. The third-order valence-electron chi connectivity index (χ3n) is 5.99. The van der Waals surface area contributed by atoms with Crippen molar-refractivity contribution in [3.8, 4) is 11.4 Å². The maximum absolute atomic E-state index is 12.9. The van der Waals surface area contributed by atoms with Gasteiger partial charge in [-0.3, -0.25) is 9.52 Å². The van der Waals surface area contributed by atoms with E-state index in [1.807, 2.05) is 48.7 Å². The SMILES string of the molecule is COc1ccc(-n2c(C)cc(C(=O)COC(=O)c3cccc(NS(=O)(=O)/C=C/c4ccccc4)c3)c2C)cc1. The van der Waals surface area contributed by atoms with Crippen molar-refractivity contribution in [2.45, 2.75) is 13.8 Å². The number of hydrogen-bond acceptors (Lipinski definition) is 6. The number of ketones is 1. The lowest BCUT2D eigenvalue weighted by atomic mass is 10.1. The Morgan fingerprint density at radius 3 is 2.33 bits per heavy atom. The number of aryl methyl sites for hydroxylation is 1. The lowest BCUT2D eigenvalue weighted by Crippen LogP contribution is -2.15. The van der Waals surface area contributed by atoms with Crippen molar-refractivity contribution in [3.05, 3.63) is 118 Å². The zero-order valence-corrected chi connectivity index (χ0v) is 22.6. The summed E-state index contributed by atoms with van der Waals surface area (Å²) in [5, 5.41) is 1.05. The summed E-state index contributed by atoms with van der Waals surface area (Å²) in [6.45, 7) is 3.26. The molecule has 0 aliphatic heterocycles. The average Bonchev–Trinajstić information content (AvgIpc) is 3.24. The van der Waals surface area contributed by atoms with Crippen LogP contribution in [0, 0.1) is 13.8 Å². The first-order valence-electron chi connectivity index (χ1n) is 12.1. The molecule has 1 heterocycles. The third-order valence-corrected chi connectivity index (χ3v) is 7.01. The van der Waals surface area contributed by atoms with Crippen LogP contribution in [-0.4, -0.2) is 38.5 Å². The van der Waals surface area contributed by atoms with Crippen molar-refractivity contribution in [2.24, 2.45) is 0 Å². The van der Waals surface area contributed by atoms with Gasteiger partial charge in [0.2, 0.25) is 5.78 Å². The molecule has 0 saturated heterocycles. The van der Waals surface area contributed by atoms with Crippen LogP contribution in [-0.2, 0) is 14.8 Å². The van der Waals surface area contributed by atoms with E-state index in [4.69, 9.17) is 9.47 Å². The van der Waals surface area contributed by atoms with Gasteiger partial charge < -0.3 is 14.0 Å². The van der Waals surface area contributed by atoms with Crippen molar-refractivity contribution in [1.82, 2.24) is 4.57 Å². The minimum Gasteiger partial charge on any atom is -0.497 e. The molecule has 3 aromatic carbocycles. The molecular formula is C30H28N2O6S. The van der Waals surface area contributed by atoms with Crippen LogP contribution in [0.25, 0.3) is 11.8 Å². The van der Waals surface area contributed by atoms with E-state index in [0.717, 1.165) is 33.8 Å². The zero-order chi connectivity index (χ0) is 28.0. The molecule has 0 amide bonds. The summed E-state index contributed by atoms with van der Waals surface area (Å²) in [5.41, 5.74) is 3.93.